The standard InChI is InChI=1S/C9H13N3O/c1-6(2)8-4-7(5-11-12-8)9(13)10-3/h4-6H,1-3H3,(H,10,13). The molecular formula is C9H13N3O. The monoisotopic (exact) mass is 179 g/mol. The molecule has 1 heterocycles. The largest absolute Gasteiger partial charge is 0.355 e. The Morgan fingerprint density at radius 1 is 1.54 bits per heavy atom. The summed E-state index contributed by atoms with van der Waals surface area (Å²) in [5.41, 5.74) is 1.39. The van der Waals surface area contributed by atoms with E-state index in [4.69, 9.17) is 0 Å². The van der Waals surface area contributed by atoms with E-state index >= 15 is 0 Å². The topological polar surface area (TPSA) is 54.9 Å². The fourth-order valence-electron chi connectivity index (χ4n) is 0.934. The molecular weight excluding hydrogens is 166 g/mol. The Bertz CT molecular complexity index is 309. The van der Waals surface area contributed by atoms with Gasteiger partial charge in [0.2, 0.25) is 0 Å². The molecule has 4 nitrogen and oxygen atoms in total. The highest BCUT2D eigenvalue weighted by atomic mass is 16.1. The summed E-state index contributed by atoms with van der Waals surface area (Å²) >= 11 is 0. The van der Waals surface area contributed by atoms with Crippen molar-refractivity contribution in [3.8, 4) is 0 Å². The normalized spacial score (nSPS) is 10.2. The highest BCUT2D eigenvalue weighted by molar-refractivity contribution is 5.93. The highest BCUT2D eigenvalue weighted by Gasteiger charge is 2.07. The molecule has 1 rings (SSSR count). The second-order valence-corrected chi connectivity index (χ2v) is 3.10. The van der Waals surface area contributed by atoms with Gasteiger partial charge in [-0.3, -0.25) is 4.79 Å². The van der Waals surface area contributed by atoms with E-state index in [0.717, 1.165) is 5.69 Å². The average Bonchev–Trinajstić information content (AvgIpc) is 2.17. The predicted molar refractivity (Wildman–Crippen MR) is 49.5 cm³/mol. The summed E-state index contributed by atoms with van der Waals surface area (Å²) in [4.78, 5) is 11.2. The van der Waals surface area contributed by atoms with E-state index in [1.54, 1.807) is 13.1 Å². The van der Waals surface area contributed by atoms with Crippen LogP contribution in [0.5, 0.6) is 0 Å². The van der Waals surface area contributed by atoms with E-state index in [1.165, 1.54) is 6.20 Å². The van der Waals surface area contributed by atoms with Crippen LogP contribution in [-0.4, -0.2) is 23.2 Å². The first-order valence-electron chi connectivity index (χ1n) is 4.20. The summed E-state index contributed by atoms with van der Waals surface area (Å²) in [6, 6.07) is 1.76. The lowest BCUT2D eigenvalue weighted by molar-refractivity contribution is 0.0962. The third-order valence-corrected chi connectivity index (χ3v) is 1.75. The lowest BCUT2D eigenvalue weighted by Gasteiger charge is -2.04. The minimum atomic E-state index is -0.128. The first kappa shape index (κ1) is 9.64. The Morgan fingerprint density at radius 2 is 2.23 bits per heavy atom. The molecule has 0 fully saturated rings. The highest BCUT2D eigenvalue weighted by Crippen LogP contribution is 2.10. The summed E-state index contributed by atoms with van der Waals surface area (Å²) in [6.45, 7) is 4.02. The summed E-state index contributed by atoms with van der Waals surface area (Å²) in [5, 5.41) is 10.2. The molecule has 0 saturated carbocycles. The van der Waals surface area contributed by atoms with Crippen LogP contribution in [0.3, 0.4) is 0 Å². The van der Waals surface area contributed by atoms with Gasteiger partial charge in [-0.25, -0.2) is 0 Å². The van der Waals surface area contributed by atoms with Gasteiger partial charge in [-0.2, -0.15) is 10.2 Å². The number of aromatic nitrogens is 2. The van der Waals surface area contributed by atoms with E-state index in [-0.39, 0.29) is 11.8 Å². The van der Waals surface area contributed by atoms with E-state index in [2.05, 4.69) is 15.5 Å². The Balaban J connectivity index is 2.98. The quantitative estimate of drug-likeness (QED) is 0.735. The van der Waals surface area contributed by atoms with E-state index in [1.807, 2.05) is 13.8 Å². The summed E-state index contributed by atoms with van der Waals surface area (Å²) in [6.07, 6.45) is 1.46. The van der Waals surface area contributed by atoms with E-state index in [9.17, 15) is 4.79 Å². The average molecular weight is 179 g/mol. The zero-order valence-electron chi connectivity index (χ0n) is 8.03. The van der Waals surface area contributed by atoms with Gasteiger partial charge in [-0.15, -0.1) is 0 Å². The SMILES string of the molecule is CNC(=O)c1cnnc(C(C)C)c1. The first-order valence-corrected chi connectivity index (χ1v) is 4.20. The summed E-state index contributed by atoms with van der Waals surface area (Å²) < 4.78 is 0. The van der Waals surface area contributed by atoms with Gasteiger partial charge in [0.05, 0.1) is 17.5 Å². The van der Waals surface area contributed by atoms with E-state index < -0.39 is 0 Å². The fourth-order valence-corrected chi connectivity index (χ4v) is 0.934. The van der Waals surface area contributed by atoms with Crippen molar-refractivity contribution in [2.45, 2.75) is 19.8 Å². The van der Waals surface area contributed by atoms with Crippen molar-refractivity contribution in [1.29, 1.82) is 0 Å². The molecule has 70 valence electrons. The number of rotatable bonds is 2. The molecule has 1 amide bonds. The third-order valence-electron chi connectivity index (χ3n) is 1.75. The molecule has 1 aromatic rings. The van der Waals surface area contributed by atoms with Gasteiger partial charge in [0, 0.05) is 7.05 Å². The molecule has 0 spiro atoms. The van der Waals surface area contributed by atoms with Crippen LogP contribution in [0.25, 0.3) is 0 Å². The van der Waals surface area contributed by atoms with Crippen molar-refractivity contribution in [1.82, 2.24) is 15.5 Å². The minimum Gasteiger partial charge on any atom is -0.355 e. The molecule has 1 aromatic heterocycles. The van der Waals surface area contributed by atoms with Gasteiger partial charge in [0.15, 0.2) is 0 Å². The molecule has 0 aromatic carbocycles. The number of nitrogens with one attached hydrogen (secondary N) is 1. The number of carbonyl (C=O) groups excluding carboxylic acids is 1. The van der Waals surface area contributed by atoms with Crippen LogP contribution in [-0.2, 0) is 0 Å². The maximum absolute atomic E-state index is 11.2. The van der Waals surface area contributed by atoms with Crippen LogP contribution in [0.2, 0.25) is 0 Å². The molecule has 0 unspecified atom stereocenters. The van der Waals surface area contributed by atoms with Crippen molar-refractivity contribution in [3.63, 3.8) is 0 Å². The minimum absolute atomic E-state index is 0.128. The van der Waals surface area contributed by atoms with Gasteiger partial charge in [-0.1, -0.05) is 13.8 Å². The Labute approximate surface area is 77.4 Å². The van der Waals surface area contributed by atoms with E-state index in [0.29, 0.717) is 5.56 Å². The van der Waals surface area contributed by atoms with Crippen LogP contribution in [0.1, 0.15) is 35.8 Å². The number of hydrogen-bond donors (Lipinski definition) is 1. The van der Waals surface area contributed by atoms with Crippen molar-refractivity contribution in [2.75, 3.05) is 7.05 Å². The van der Waals surface area contributed by atoms with Crippen LogP contribution in [0.4, 0.5) is 0 Å². The van der Waals surface area contributed by atoms with Gasteiger partial charge in [-0.05, 0) is 12.0 Å². The number of amides is 1. The zero-order chi connectivity index (χ0) is 9.84. The molecule has 0 saturated heterocycles. The number of hydrogen-bond acceptors (Lipinski definition) is 3. The lowest BCUT2D eigenvalue weighted by atomic mass is 10.1. The molecule has 0 aliphatic heterocycles. The molecule has 0 aliphatic rings. The van der Waals surface area contributed by atoms with Crippen molar-refractivity contribution >= 4 is 5.91 Å². The maximum atomic E-state index is 11.2. The molecule has 0 bridgehead atoms. The molecule has 0 aliphatic carbocycles. The first-order chi connectivity index (χ1) is 6.15. The molecule has 0 radical (unpaired) electrons. The predicted octanol–water partition coefficient (Wildman–Crippen LogP) is 0.960. The molecule has 1 N–H and O–H groups in total. The Kier molecular flexibility index (Phi) is 2.95. The molecule has 13 heavy (non-hydrogen) atoms. The van der Waals surface area contributed by atoms with Gasteiger partial charge >= 0.3 is 0 Å². The summed E-state index contributed by atoms with van der Waals surface area (Å²) in [7, 11) is 1.60. The summed E-state index contributed by atoms with van der Waals surface area (Å²) in [5.74, 6) is 0.161. The van der Waals surface area contributed by atoms with Crippen molar-refractivity contribution < 1.29 is 4.79 Å². The second-order valence-electron chi connectivity index (χ2n) is 3.10. The van der Waals surface area contributed by atoms with Gasteiger partial charge in [0.1, 0.15) is 0 Å². The van der Waals surface area contributed by atoms with Crippen molar-refractivity contribution in [3.05, 3.63) is 23.5 Å². The second kappa shape index (κ2) is 3.98. The maximum Gasteiger partial charge on any atom is 0.252 e. The van der Waals surface area contributed by atoms with Crippen molar-refractivity contribution in [2.24, 2.45) is 0 Å². The smallest absolute Gasteiger partial charge is 0.252 e. The molecule has 4 heteroatoms. The fraction of sp³-hybridized carbons (Fsp3) is 0.444. The van der Waals surface area contributed by atoms with Gasteiger partial charge < -0.3 is 5.32 Å². The number of nitrogens with zero attached hydrogens (tertiary/aromatic N) is 2. The van der Waals surface area contributed by atoms with Crippen LogP contribution < -0.4 is 5.32 Å². The zero-order valence-corrected chi connectivity index (χ0v) is 8.03. The lowest BCUT2D eigenvalue weighted by Crippen LogP contribution is -2.18. The number of carbonyl (C=O) groups is 1. The Morgan fingerprint density at radius 3 is 2.77 bits per heavy atom. The third kappa shape index (κ3) is 2.24. The van der Waals surface area contributed by atoms with Crippen LogP contribution >= 0.6 is 0 Å². The van der Waals surface area contributed by atoms with Crippen LogP contribution in [0.15, 0.2) is 12.3 Å². The molecule has 0 atom stereocenters. The van der Waals surface area contributed by atoms with Crippen LogP contribution in [0, 0.1) is 0 Å². The Hall–Kier alpha value is -1.45. The van der Waals surface area contributed by atoms with Gasteiger partial charge in [0.25, 0.3) is 5.91 Å².